The van der Waals surface area contributed by atoms with Crippen LogP contribution in [0.3, 0.4) is 0 Å². The second-order valence-corrected chi connectivity index (χ2v) is 5.85. The standard InChI is InChI=1S/C14H18N2O3/c1-14(2,3)13(19)8-4-5-9-10(6-8)16-12(18)7-11(17)15-9/h4-6,13,19H,7H2,1-3H3,(H,15,17)(H,16,18). The zero-order chi connectivity index (χ0) is 14.2. The highest BCUT2D eigenvalue weighted by molar-refractivity contribution is 6.13. The number of aliphatic hydroxyl groups is 1. The van der Waals surface area contributed by atoms with Crippen LogP contribution in [0.1, 0.15) is 38.9 Å². The predicted molar refractivity (Wildman–Crippen MR) is 72.7 cm³/mol. The van der Waals surface area contributed by atoms with Crippen molar-refractivity contribution in [1.29, 1.82) is 0 Å². The fraction of sp³-hybridized carbons (Fsp3) is 0.429. The van der Waals surface area contributed by atoms with Gasteiger partial charge in [0, 0.05) is 0 Å². The summed E-state index contributed by atoms with van der Waals surface area (Å²) in [5.74, 6) is -0.681. The lowest BCUT2D eigenvalue weighted by Gasteiger charge is -2.26. The van der Waals surface area contributed by atoms with E-state index < -0.39 is 6.10 Å². The maximum Gasteiger partial charge on any atom is 0.233 e. The minimum atomic E-state index is -0.645. The van der Waals surface area contributed by atoms with Gasteiger partial charge in [-0.15, -0.1) is 0 Å². The smallest absolute Gasteiger partial charge is 0.233 e. The molecule has 1 atom stereocenters. The maximum absolute atomic E-state index is 11.5. The molecule has 0 aliphatic carbocycles. The van der Waals surface area contributed by atoms with Gasteiger partial charge >= 0.3 is 0 Å². The Morgan fingerprint density at radius 2 is 1.68 bits per heavy atom. The Balaban J connectivity index is 2.38. The van der Waals surface area contributed by atoms with Gasteiger partial charge in [-0.1, -0.05) is 26.8 Å². The van der Waals surface area contributed by atoms with Crippen molar-refractivity contribution in [1.82, 2.24) is 0 Å². The van der Waals surface area contributed by atoms with Crippen molar-refractivity contribution in [3.8, 4) is 0 Å². The van der Waals surface area contributed by atoms with Gasteiger partial charge in [0.1, 0.15) is 6.42 Å². The molecule has 1 aromatic rings. The Morgan fingerprint density at radius 1 is 1.11 bits per heavy atom. The van der Waals surface area contributed by atoms with E-state index in [1.165, 1.54) is 0 Å². The Morgan fingerprint density at radius 3 is 2.26 bits per heavy atom. The van der Waals surface area contributed by atoms with Crippen molar-refractivity contribution in [2.24, 2.45) is 5.41 Å². The molecule has 5 heteroatoms. The molecule has 2 rings (SSSR count). The molecule has 1 heterocycles. The Hall–Kier alpha value is -1.88. The number of carbonyl (C=O) groups is 2. The average Bonchev–Trinajstić information content (AvgIpc) is 2.42. The number of hydrogen-bond acceptors (Lipinski definition) is 3. The largest absolute Gasteiger partial charge is 0.388 e. The van der Waals surface area contributed by atoms with E-state index in [-0.39, 0.29) is 23.7 Å². The third kappa shape index (κ3) is 2.93. The Bertz CT molecular complexity index is 532. The molecule has 5 nitrogen and oxygen atoms in total. The normalized spacial score (nSPS) is 17.1. The summed E-state index contributed by atoms with van der Waals surface area (Å²) >= 11 is 0. The molecule has 2 amide bonds. The fourth-order valence-corrected chi connectivity index (χ4v) is 1.98. The number of aliphatic hydroxyl groups excluding tert-OH is 1. The van der Waals surface area contributed by atoms with Gasteiger partial charge in [0.15, 0.2) is 0 Å². The fourth-order valence-electron chi connectivity index (χ4n) is 1.98. The zero-order valence-electron chi connectivity index (χ0n) is 11.3. The van der Waals surface area contributed by atoms with Crippen molar-refractivity contribution in [3.05, 3.63) is 23.8 Å². The average molecular weight is 262 g/mol. The first-order valence-electron chi connectivity index (χ1n) is 6.19. The minimum absolute atomic E-state index is 0.189. The highest BCUT2D eigenvalue weighted by Crippen LogP contribution is 2.36. The van der Waals surface area contributed by atoms with Crippen molar-refractivity contribution in [2.45, 2.75) is 33.3 Å². The highest BCUT2D eigenvalue weighted by Gasteiger charge is 2.25. The van der Waals surface area contributed by atoms with E-state index in [1.54, 1.807) is 18.2 Å². The first kappa shape index (κ1) is 13.5. The van der Waals surface area contributed by atoms with E-state index in [9.17, 15) is 14.7 Å². The molecule has 1 unspecified atom stereocenters. The molecule has 0 bridgehead atoms. The molecule has 0 saturated carbocycles. The first-order chi connectivity index (χ1) is 8.77. The second-order valence-electron chi connectivity index (χ2n) is 5.85. The van der Waals surface area contributed by atoms with E-state index in [0.717, 1.165) is 0 Å². The topological polar surface area (TPSA) is 78.4 Å². The number of carbonyl (C=O) groups excluding carboxylic acids is 2. The number of amides is 2. The van der Waals surface area contributed by atoms with Gasteiger partial charge in [0.05, 0.1) is 17.5 Å². The summed E-state index contributed by atoms with van der Waals surface area (Å²) in [5.41, 5.74) is 1.49. The van der Waals surface area contributed by atoms with Crippen molar-refractivity contribution in [2.75, 3.05) is 10.6 Å². The van der Waals surface area contributed by atoms with Crippen molar-refractivity contribution >= 4 is 23.2 Å². The minimum Gasteiger partial charge on any atom is -0.388 e. The quantitative estimate of drug-likeness (QED) is 0.678. The van der Waals surface area contributed by atoms with Gasteiger partial charge in [0.2, 0.25) is 11.8 Å². The third-order valence-corrected chi connectivity index (χ3v) is 3.05. The van der Waals surface area contributed by atoms with E-state index in [0.29, 0.717) is 16.9 Å². The monoisotopic (exact) mass is 262 g/mol. The molecule has 0 saturated heterocycles. The third-order valence-electron chi connectivity index (χ3n) is 3.05. The van der Waals surface area contributed by atoms with Gasteiger partial charge in [0.25, 0.3) is 0 Å². The van der Waals surface area contributed by atoms with Gasteiger partial charge in [-0.25, -0.2) is 0 Å². The lowest BCUT2D eigenvalue weighted by atomic mass is 9.84. The molecular weight excluding hydrogens is 244 g/mol. The summed E-state index contributed by atoms with van der Waals surface area (Å²) < 4.78 is 0. The van der Waals surface area contributed by atoms with Crippen LogP contribution in [0.25, 0.3) is 0 Å². The number of benzene rings is 1. The Kier molecular flexibility index (Phi) is 3.32. The van der Waals surface area contributed by atoms with Crippen molar-refractivity contribution in [3.63, 3.8) is 0 Å². The number of hydrogen-bond donors (Lipinski definition) is 3. The second kappa shape index (κ2) is 4.66. The molecule has 19 heavy (non-hydrogen) atoms. The van der Waals surface area contributed by atoms with Crippen LogP contribution < -0.4 is 10.6 Å². The van der Waals surface area contributed by atoms with E-state index in [2.05, 4.69) is 10.6 Å². The first-order valence-corrected chi connectivity index (χ1v) is 6.19. The molecule has 0 spiro atoms. The highest BCUT2D eigenvalue weighted by atomic mass is 16.3. The van der Waals surface area contributed by atoms with Crippen LogP contribution in [0.2, 0.25) is 0 Å². The molecule has 0 fully saturated rings. The summed E-state index contributed by atoms with van der Waals surface area (Å²) in [7, 11) is 0. The molecule has 1 aliphatic heterocycles. The Labute approximate surface area is 112 Å². The number of anilines is 2. The number of nitrogens with one attached hydrogen (secondary N) is 2. The van der Waals surface area contributed by atoms with Crippen LogP contribution in [0.15, 0.2) is 18.2 Å². The van der Waals surface area contributed by atoms with Crippen LogP contribution >= 0.6 is 0 Å². The summed E-state index contributed by atoms with van der Waals surface area (Å²) in [6.07, 6.45) is -0.833. The lowest BCUT2D eigenvalue weighted by molar-refractivity contribution is -0.123. The molecule has 3 N–H and O–H groups in total. The van der Waals surface area contributed by atoms with E-state index in [4.69, 9.17) is 0 Å². The van der Waals surface area contributed by atoms with Gasteiger partial charge in [-0.05, 0) is 23.1 Å². The van der Waals surface area contributed by atoms with E-state index >= 15 is 0 Å². The number of rotatable bonds is 1. The summed E-state index contributed by atoms with van der Waals surface area (Å²) in [6, 6.07) is 5.16. The SMILES string of the molecule is CC(C)(C)C(O)c1ccc2c(c1)NC(=O)CC(=O)N2. The van der Waals surface area contributed by atoms with Gasteiger partial charge in [-0.3, -0.25) is 9.59 Å². The lowest BCUT2D eigenvalue weighted by Crippen LogP contribution is -2.18. The van der Waals surface area contributed by atoms with Crippen LogP contribution in [0.4, 0.5) is 11.4 Å². The number of fused-ring (bicyclic) bond motifs is 1. The van der Waals surface area contributed by atoms with E-state index in [1.807, 2.05) is 20.8 Å². The predicted octanol–water partition coefficient (Wildman–Crippen LogP) is 2.05. The van der Waals surface area contributed by atoms with Crippen LogP contribution in [0.5, 0.6) is 0 Å². The zero-order valence-corrected chi connectivity index (χ0v) is 11.3. The van der Waals surface area contributed by atoms with Crippen LogP contribution in [0, 0.1) is 5.41 Å². The molecule has 0 aromatic heterocycles. The summed E-state index contributed by atoms with van der Waals surface area (Å²) in [5, 5.41) is 15.6. The molecule has 0 radical (unpaired) electrons. The summed E-state index contributed by atoms with van der Waals surface area (Å²) in [6.45, 7) is 5.80. The molecular formula is C14H18N2O3. The van der Waals surface area contributed by atoms with Crippen LogP contribution in [-0.4, -0.2) is 16.9 Å². The van der Waals surface area contributed by atoms with Crippen LogP contribution in [-0.2, 0) is 9.59 Å². The van der Waals surface area contributed by atoms with Crippen molar-refractivity contribution < 1.29 is 14.7 Å². The maximum atomic E-state index is 11.5. The van der Waals surface area contributed by atoms with Gasteiger partial charge in [-0.2, -0.15) is 0 Å². The van der Waals surface area contributed by atoms with Gasteiger partial charge < -0.3 is 15.7 Å². The molecule has 102 valence electrons. The molecule has 1 aromatic carbocycles. The summed E-state index contributed by atoms with van der Waals surface area (Å²) in [4.78, 5) is 22.9. The molecule has 1 aliphatic rings.